The molecule has 0 atom stereocenters. The standard InChI is InChI=1S/C21H21NO8S/c1-28-18-12-14(13-19-21(18)30-11-10-29-19)2-7-17(23)15-3-5-16(6-4-15)31(26,27)22-9-8-20(24)25/h2-7,12-13,22H,8-11H2,1H3,(H,24,25)/b7-2+. The normalized spacial score (nSPS) is 13.2. The van der Waals surface area contributed by atoms with Crippen LogP contribution in [0.5, 0.6) is 17.2 Å². The molecule has 9 nitrogen and oxygen atoms in total. The zero-order chi connectivity index (χ0) is 22.4. The Balaban J connectivity index is 1.71. The molecular weight excluding hydrogens is 426 g/mol. The second-order valence-corrected chi connectivity index (χ2v) is 8.28. The van der Waals surface area contributed by atoms with E-state index in [4.69, 9.17) is 19.3 Å². The second kappa shape index (κ2) is 9.63. The van der Waals surface area contributed by atoms with Gasteiger partial charge in [-0.2, -0.15) is 0 Å². The Morgan fingerprint density at radius 3 is 2.55 bits per heavy atom. The first-order chi connectivity index (χ1) is 14.8. The van der Waals surface area contributed by atoms with Crippen LogP contribution in [0.4, 0.5) is 0 Å². The number of carboxylic acid groups (broad SMARTS) is 1. The number of methoxy groups -OCH3 is 1. The number of allylic oxidation sites excluding steroid dienone is 1. The lowest BCUT2D eigenvalue weighted by Crippen LogP contribution is -2.26. The van der Waals surface area contributed by atoms with Crippen LogP contribution < -0.4 is 18.9 Å². The molecule has 1 heterocycles. The molecule has 0 saturated heterocycles. The summed E-state index contributed by atoms with van der Waals surface area (Å²) in [6.45, 7) is 0.626. The number of carbonyl (C=O) groups excluding carboxylic acids is 1. The number of nitrogens with one attached hydrogen (secondary N) is 1. The summed E-state index contributed by atoms with van der Waals surface area (Å²) in [5.41, 5.74) is 0.974. The zero-order valence-electron chi connectivity index (χ0n) is 16.7. The summed E-state index contributed by atoms with van der Waals surface area (Å²) < 4.78 is 42.9. The van der Waals surface area contributed by atoms with Crippen LogP contribution in [-0.2, 0) is 14.8 Å². The molecule has 0 radical (unpaired) electrons. The summed E-state index contributed by atoms with van der Waals surface area (Å²) in [7, 11) is -2.34. The fourth-order valence-corrected chi connectivity index (χ4v) is 3.86. The van der Waals surface area contributed by atoms with Crippen molar-refractivity contribution in [3.05, 3.63) is 53.6 Å². The van der Waals surface area contributed by atoms with Gasteiger partial charge in [0.25, 0.3) is 0 Å². The van der Waals surface area contributed by atoms with Crippen LogP contribution in [0.1, 0.15) is 22.3 Å². The van der Waals surface area contributed by atoms with E-state index in [1.54, 1.807) is 18.2 Å². The molecule has 10 heteroatoms. The van der Waals surface area contributed by atoms with Gasteiger partial charge in [0.1, 0.15) is 13.2 Å². The molecule has 2 aromatic rings. The summed E-state index contributed by atoms with van der Waals surface area (Å²) in [4.78, 5) is 22.9. The minimum absolute atomic E-state index is 0.0602. The number of benzene rings is 2. The highest BCUT2D eigenvalue weighted by atomic mass is 32.2. The molecule has 2 aromatic carbocycles. The zero-order valence-corrected chi connectivity index (χ0v) is 17.5. The monoisotopic (exact) mass is 447 g/mol. The number of sulfonamides is 1. The maximum absolute atomic E-state index is 12.5. The molecule has 164 valence electrons. The first-order valence-corrected chi connectivity index (χ1v) is 10.8. The number of carbonyl (C=O) groups is 2. The quantitative estimate of drug-likeness (QED) is 0.442. The molecule has 0 amide bonds. The van der Waals surface area contributed by atoms with Gasteiger partial charge >= 0.3 is 5.97 Å². The molecule has 1 aliphatic heterocycles. The van der Waals surface area contributed by atoms with Crippen molar-refractivity contribution >= 4 is 27.9 Å². The predicted octanol–water partition coefficient (Wildman–Crippen LogP) is 2.12. The molecule has 31 heavy (non-hydrogen) atoms. The van der Waals surface area contributed by atoms with Crippen LogP contribution in [0.2, 0.25) is 0 Å². The molecular formula is C21H21NO8S. The fourth-order valence-electron chi connectivity index (χ4n) is 2.83. The van der Waals surface area contributed by atoms with Crippen LogP contribution in [0, 0.1) is 0 Å². The Labute approximate surface area is 179 Å². The minimum Gasteiger partial charge on any atom is -0.493 e. The van der Waals surface area contributed by atoms with E-state index in [0.29, 0.717) is 41.6 Å². The van der Waals surface area contributed by atoms with E-state index < -0.39 is 16.0 Å². The van der Waals surface area contributed by atoms with Crippen LogP contribution >= 0.6 is 0 Å². The number of ether oxygens (including phenoxy) is 3. The number of hydrogen-bond acceptors (Lipinski definition) is 7. The van der Waals surface area contributed by atoms with Crippen molar-refractivity contribution in [2.75, 3.05) is 26.9 Å². The Morgan fingerprint density at radius 1 is 1.16 bits per heavy atom. The van der Waals surface area contributed by atoms with Crippen LogP contribution in [0.15, 0.2) is 47.4 Å². The average Bonchev–Trinajstić information content (AvgIpc) is 2.76. The summed E-state index contributed by atoms with van der Waals surface area (Å²) in [5, 5.41) is 8.60. The lowest BCUT2D eigenvalue weighted by atomic mass is 10.1. The number of fused-ring (bicyclic) bond motifs is 1. The third kappa shape index (κ3) is 5.62. The van der Waals surface area contributed by atoms with E-state index in [1.165, 1.54) is 37.5 Å². The van der Waals surface area contributed by atoms with Gasteiger partial charge in [-0.25, -0.2) is 13.1 Å². The summed E-state index contributed by atoms with van der Waals surface area (Å²) in [6.07, 6.45) is 2.63. The highest BCUT2D eigenvalue weighted by Gasteiger charge is 2.18. The Hall–Kier alpha value is -3.37. The third-order valence-electron chi connectivity index (χ3n) is 4.36. The van der Waals surface area contributed by atoms with Gasteiger partial charge in [-0.05, 0) is 48.0 Å². The van der Waals surface area contributed by atoms with Crippen LogP contribution in [-0.4, -0.2) is 52.1 Å². The molecule has 0 unspecified atom stereocenters. The van der Waals surface area contributed by atoms with Gasteiger partial charge < -0.3 is 19.3 Å². The van der Waals surface area contributed by atoms with Crippen molar-refractivity contribution in [2.24, 2.45) is 0 Å². The third-order valence-corrected chi connectivity index (χ3v) is 5.83. The maximum Gasteiger partial charge on any atom is 0.304 e. The van der Waals surface area contributed by atoms with E-state index in [-0.39, 0.29) is 23.6 Å². The van der Waals surface area contributed by atoms with Gasteiger partial charge in [-0.15, -0.1) is 0 Å². The van der Waals surface area contributed by atoms with E-state index >= 15 is 0 Å². The fraction of sp³-hybridized carbons (Fsp3) is 0.238. The first-order valence-electron chi connectivity index (χ1n) is 9.32. The van der Waals surface area contributed by atoms with Crippen molar-refractivity contribution in [3.8, 4) is 17.2 Å². The topological polar surface area (TPSA) is 128 Å². The Morgan fingerprint density at radius 2 is 1.87 bits per heavy atom. The SMILES string of the molecule is COc1cc(/C=C/C(=O)c2ccc(S(=O)(=O)NCCC(=O)O)cc2)cc2c1OCCO2. The van der Waals surface area contributed by atoms with Gasteiger partial charge in [-0.3, -0.25) is 9.59 Å². The smallest absolute Gasteiger partial charge is 0.304 e. The first kappa shape index (κ1) is 22.3. The number of rotatable bonds is 9. The van der Waals surface area contributed by atoms with E-state index in [1.807, 2.05) is 0 Å². The molecule has 0 spiro atoms. The van der Waals surface area contributed by atoms with E-state index in [2.05, 4.69) is 4.72 Å². The second-order valence-electron chi connectivity index (χ2n) is 6.51. The van der Waals surface area contributed by atoms with Crippen molar-refractivity contribution < 1.29 is 37.3 Å². The highest BCUT2D eigenvalue weighted by molar-refractivity contribution is 7.89. The predicted molar refractivity (Wildman–Crippen MR) is 111 cm³/mol. The highest BCUT2D eigenvalue weighted by Crippen LogP contribution is 2.40. The van der Waals surface area contributed by atoms with Gasteiger partial charge in [0.15, 0.2) is 17.3 Å². The van der Waals surface area contributed by atoms with Crippen molar-refractivity contribution in [3.63, 3.8) is 0 Å². The Kier molecular flexibility index (Phi) is 6.93. The molecule has 0 aromatic heterocycles. The molecule has 0 aliphatic carbocycles. The molecule has 0 fully saturated rings. The molecule has 2 N–H and O–H groups in total. The maximum atomic E-state index is 12.5. The number of aliphatic carboxylic acids is 1. The Bertz CT molecular complexity index is 1090. The van der Waals surface area contributed by atoms with E-state index in [9.17, 15) is 18.0 Å². The molecule has 1 aliphatic rings. The van der Waals surface area contributed by atoms with Gasteiger partial charge in [-0.1, -0.05) is 6.08 Å². The largest absolute Gasteiger partial charge is 0.493 e. The minimum atomic E-state index is -3.85. The summed E-state index contributed by atoms with van der Waals surface area (Å²) in [5.74, 6) is 0.116. The molecule has 0 saturated carbocycles. The van der Waals surface area contributed by atoms with Crippen LogP contribution in [0.3, 0.4) is 0 Å². The molecule has 3 rings (SSSR count). The van der Waals surface area contributed by atoms with Crippen molar-refractivity contribution in [2.45, 2.75) is 11.3 Å². The van der Waals surface area contributed by atoms with Crippen LogP contribution in [0.25, 0.3) is 6.08 Å². The van der Waals surface area contributed by atoms with Crippen molar-refractivity contribution in [1.29, 1.82) is 0 Å². The number of ketones is 1. The summed E-state index contributed by atoms with van der Waals surface area (Å²) >= 11 is 0. The van der Waals surface area contributed by atoms with Gasteiger partial charge in [0, 0.05) is 12.1 Å². The van der Waals surface area contributed by atoms with Gasteiger partial charge in [0.05, 0.1) is 18.4 Å². The average molecular weight is 447 g/mol. The lowest BCUT2D eigenvalue weighted by Gasteiger charge is -2.20. The summed E-state index contributed by atoms with van der Waals surface area (Å²) in [6, 6.07) is 8.81. The van der Waals surface area contributed by atoms with Crippen molar-refractivity contribution in [1.82, 2.24) is 4.72 Å². The number of hydrogen-bond donors (Lipinski definition) is 2. The van der Waals surface area contributed by atoms with Gasteiger partial charge in [0.2, 0.25) is 15.8 Å². The lowest BCUT2D eigenvalue weighted by molar-refractivity contribution is -0.136. The number of carboxylic acids is 1. The molecule has 0 bridgehead atoms. The van der Waals surface area contributed by atoms with E-state index in [0.717, 1.165) is 0 Å².